The van der Waals surface area contributed by atoms with E-state index in [-0.39, 0.29) is 11.7 Å². The summed E-state index contributed by atoms with van der Waals surface area (Å²) in [6, 6.07) is 3.45. The summed E-state index contributed by atoms with van der Waals surface area (Å²) in [5.41, 5.74) is -0.361. The average molecular weight is 242 g/mol. The molecule has 0 aliphatic carbocycles. The molecule has 0 saturated heterocycles. The van der Waals surface area contributed by atoms with Crippen molar-refractivity contribution in [3.8, 4) is 0 Å². The van der Waals surface area contributed by atoms with Gasteiger partial charge in [0, 0.05) is 0 Å². The van der Waals surface area contributed by atoms with E-state index in [4.69, 9.17) is 4.74 Å². The Morgan fingerprint density at radius 1 is 1.29 bits per heavy atom. The molecule has 0 heterocycles. The highest BCUT2D eigenvalue weighted by molar-refractivity contribution is 5.89. The molecule has 0 aliphatic heterocycles. The van der Waals surface area contributed by atoms with Gasteiger partial charge >= 0.3 is 5.97 Å². The molecule has 4 heteroatoms. The lowest BCUT2D eigenvalue weighted by Gasteiger charge is -2.15. The van der Waals surface area contributed by atoms with Crippen molar-refractivity contribution in [1.82, 2.24) is 0 Å². The van der Waals surface area contributed by atoms with Crippen LogP contribution in [0.3, 0.4) is 0 Å². The lowest BCUT2D eigenvalue weighted by atomic mass is 10.1. The fraction of sp³-hybridized carbons (Fsp3) is 0.462. The SMILES string of the molecule is CC(C)CC(C)OC(=O)c1cccc(F)c1F. The monoisotopic (exact) mass is 242 g/mol. The third-order valence-corrected chi connectivity index (χ3v) is 2.28. The molecule has 0 bridgehead atoms. The van der Waals surface area contributed by atoms with E-state index in [1.807, 2.05) is 13.8 Å². The average Bonchev–Trinajstić information content (AvgIpc) is 2.20. The number of rotatable bonds is 4. The summed E-state index contributed by atoms with van der Waals surface area (Å²) in [5, 5.41) is 0. The molecule has 17 heavy (non-hydrogen) atoms. The second-order valence-electron chi connectivity index (χ2n) is 4.45. The summed E-state index contributed by atoms with van der Waals surface area (Å²) >= 11 is 0. The highest BCUT2D eigenvalue weighted by Crippen LogP contribution is 2.15. The number of esters is 1. The van der Waals surface area contributed by atoms with Crippen molar-refractivity contribution in [2.45, 2.75) is 33.3 Å². The van der Waals surface area contributed by atoms with Crippen LogP contribution in [0.25, 0.3) is 0 Å². The van der Waals surface area contributed by atoms with Crippen LogP contribution in [0.1, 0.15) is 37.6 Å². The fourth-order valence-corrected chi connectivity index (χ4v) is 1.62. The summed E-state index contributed by atoms with van der Waals surface area (Å²) in [5.74, 6) is -2.66. The van der Waals surface area contributed by atoms with Crippen molar-refractivity contribution in [3.05, 3.63) is 35.4 Å². The van der Waals surface area contributed by atoms with Gasteiger partial charge < -0.3 is 4.74 Å². The van der Waals surface area contributed by atoms with E-state index in [2.05, 4.69) is 0 Å². The molecule has 0 aromatic heterocycles. The van der Waals surface area contributed by atoms with Crippen LogP contribution in [0.15, 0.2) is 18.2 Å². The first-order valence-corrected chi connectivity index (χ1v) is 5.56. The second kappa shape index (κ2) is 5.75. The predicted molar refractivity (Wildman–Crippen MR) is 60.7 cm³/mol. The van der Waals surface area contributed by atoms with Crippen LogP contribution in [0.2, 0.25) is 0 Å². The van der Waals surface area contributed by atoms with Gasteiger partial charge in [0.25, 0.3) is 0 Å². The zero-order chi connectivity index (χ0) is 13.0. The molecule has 2 nitrogen and oxygen atoms in total. The highest BCUT2D eigenvalue weighted by atomic mass is 19.2. The normalized spacial score (nSPS) is 12.6. The van der Waals surface area contributed by atoms with Crippen LogP contribution in [0, 0.1) is 17.6 Å². The zero-order valence-electron chi connectivity index (χ0n) is 10.2. The van der Waals surface area contributed by atoms with Crippen molar-refractivity contribution in [2.24, 2.45) is 5.92 Å². The molecule has 1 atom stereocenters. The van der Waals surface area contributed by atoms with Gasteiger partial charge in [0.05, 0.1) is 11.7 Å². The van der Waals surface area contributed by atoms with E-state index in [9.17, 15) is 13.6 Å². The topological polar surface area (TPSA) is 26.3 Å². The maximum absolute atomic E-state index is 13.3. The van der Waals surface area contributed by atoms with E-state index in [1.165, 1.54) is 12.1 Å². The highest BCUT2D eigenvalue weighted by Gasteiger charge is 2.18. The van der Waals surface area contributed by atoms with Crippen molar-refractivity contribution < 1.29 is 18.3 Å². The number of hydrogen-bond donors (Lipinski definition) is 0. The zero-order valence-corrected chi connectivity index (χ0v) is 10.2. The van der Waals surface area contributed by atoms with Crippen molar-refractivity contribution >= 4 is 5.97 Å². The van der Waals surface area contributed by atoms with Gasteiger partial charge in [-0.1, -0.05) is 19.9 Å². The minimum atomic E-state index is -1.16. The Kier molecular flexibility index (Phi) is 4.61. The van der Waals surface area contributed by atoms with Gasteiger partial charge in [0.2, 0.25) is 0 Å². The largest absolute Gasteiger partial charge is 0.459 e. The number of benzene rings is 1. The molecule has 0 fully saturated rings. The fourth-order valence-electron chi connectivity index (χ4n) is 1.62. The molecule has 1 aromatic carbocycles. The maximum atomic E-state index is 13.3. The molecular weight excluding hydrogens is 226 g/mol. The molecular formula is C13H16F2O2. The first-order chi connectivity index (χ1) is 7.91. The van der Waals surface area contributed by atoms with E-state index >= 15 is 0 Å². The lowest BCUT2D eigenvalue weighted by Crippen LogP contribution is -2.18. The van der Waals surface area contributed by atoms with Crippen LogP contribution in [-0.2, 0) is 4.74 Å². The smallest absolute Gasteiger partial charge is 0.341 e. The van der Waals surface area contributed by atoms with Gasteiger partial charge in [-0.05, 0) is 31.4 Å². The Bertz CT molecular complexity index is 402. The molecule has 0 aliphatic rings. The summed E-state index contributed by atoms with van der Waals surface area (Å²) < 4.78 is 31.2. The van der Waals surface area contributed by atoms with Crippen LogP contribution >= 0.6 is 0 Å². The first kappa shape index (κ1) is 13.6. The Balaban J connectivity index is 2.73. The number of halogens is 2. The molecule has 0 amide bonds. The van der Waals surface area contributed by atoms with Gasteiger partial charge in [0.1, 0.15) is 0 Å². The number of hydrogen-bond acceptors (Lipinski definition) is 2. The Hall–Kier alpha value is -1.45. The molecule has 0 saturated carbocycles. The van der Waals surface area contributed by atoms with E-state index in [1.54, 1.807) is 6.92 Å². The van der Waals surface area contributed by atoms with Crippen LogP contribution in [0.5, 0.6) is 0 Å². The van der Waals surface area contributed by atoms with Gasteiger partial charge in [-0.25, -0.2) is 13.6 Å². The van der Waals surface area contributed by atoms with E-state index < -0.39 is 17.6 Å². The van der Waals surface area contributed by atoms with Gasteiger partial charge in [-0.3, -0.25) is 0 Å². The van der Waals surface area contributed by atoms with Crippen LogP contribution < -0.4 is 0 Å². The van der Waals surface area contributed by atoms with Crippen molar-refractivity contribution in [1.29, 1.82) is 0 Å². The molecule has 0 N–H and O–H groups in total. The van der Waals surface area contributed by atoms with Gasteiger partial charge in [-0.15, -0.1) is 0 Å². The van der Waals surface area contributed by atoms with Crippen LogP contribution in [0.4, 0.5) is 8.78 Å². The Morgan fingerprint density at radius 3 is 2.53 bits per heavy atom. The Labute approximate surface area is 99.6 Å². The molecule has 94 valence electrons. The lowest BCUT2D eigenvalue weighted by molar-refractivity contribution is 0.0293. The predicted octanol–water partition coefficient (Wildman–Crippen LogP) is 3.56. The van der Waals surface area contributed by atoms with E-state index in [0.717, 1.165) is 6.07 Å². The molecule has 0 spiro atoms. The van der Waals surface area contributed by atoms with Crippen LogP contribution in [-0.4, -0.2) is 12.1 Å². The standard InChI is InChI=1S/C13H16F2O2/c1-8(2)7-9(3)17-13(16)10-5-4-6-11(14)12(10)15/h4-6,8-9H,7H2,1-3H3. The second-order valence-corrected chi connectivity index (χ2v) is 4.45. The minimum absolute atomic E-state index is 0.315. The minimum Gasteiger partial charge on any atom is -0.459 e. The summed E-state index contributed by atoms with van der Waals surface area (Å²) in [4.78, 5) is 11.6. The molecule has 1 unspecified atom stereocenters. The van der Waals surface area contributed by atoms with Gasteiger partial charge in [0.15, 0.2) is 11.6 Å². The maximum Gasteiger partial charge on any atom is 0.341 e. The molecule has 0 radical (unpaired) electrons. The summed E-state index contributed by atoms with van der Waals surface area (Å²) in [7, 11) is 0. The number of ether oxygens (including phenoxy) is 1. The first-order valence-electron chi connectivity index (χ1n) is 5.56. The third-order valence-electron chi connectivity index (χ3n) is 2.28. The van der Waals surface area contributed by atoms with Crippen molar-refractivity contribution in [3.63, 3.8) is 0 Å². The van der Waals surface area contributed by atoms with Crippen molar-refractivity contribution in [2.75, 3.05) is 0 Å². The third kappa shape index (κ3) is 3.80. The summed E-state index contributed by atoms with van der Waals surface area (Å²) in [6.07, 6.45) is 0.369. The quantitative estimate of drug-likeness (QED) is 0.755. The van der Waals surface area contributed by atoms with Gasteiger partial charge in [-0.2, -0.15) is 0 Å². The molecule has 1 rings (SSSR count). The molecule has 1 aromatic rings. The van der Waals surface area contributed by atoms with E-state index in [0.29, 0.717) is 12.3 Å². The number of carbonyl (C=O) groups excluding carboxylic acids is 1. The summed E-state index contributed by atoms with van der Waals surface area (Å²) in [6.45, 7) is 5.72. The Morgan fingerprint density at radius 2 is 1.94 bits per heavy atom. The number of carbonyl (C=O) groups is 1.